The quantitative estimate of drug-likeness (QED) is 0.357. The normalized spacial score (nSPS) is 10.8. The molecule has 4 N–H and O–H groups in total. The number of hydrogen-bond donors (Lipinski definition) is 3. The third kappa shape index (κ3) is 2.07. The van der Waals surface area contributed by atoms with Crippen molar-refractivity contribution in [1.82, 2.24) is 20.2 Å². The van der Waals surface area contributed by atoms with E-state index in [-0.39, 0.29) is 11.2 Å². The molecular weight excluding hydrogens is 272 g/mol. The Labute approximate surface area is 118 Å². The molecule has 3 aromatic rings. The van der Waals surface area contributed by atoms with Crippen molar-refractivity contribution in [3.63, 3.8) is 0 Å². The SMILES string of the molecule is Cc1nn(-c2ccccc2)c2oc(=N)c(C(=O)NN)nc12. The molecule has 8 heteroatoms. The molecule has 0 atom stereocenters. The van der Waals surface area contributed by atoms with E-state index < -0.39 is 5.91 Å². The molecule has 0 saturated heterocycles. The first-order valence-electron chi connectivity index (χ1n) is 6.13. The van der Waals surface area contributed by atoms with Crippen molar-refractivity contribution in [1.29, 1.82) is 5.41 Å². The first-order valence-corrected chi connectivity index (χ1v) is 6.13. The largest absolute Gasteiger partial charge is 0.416 e. The Morgan fingerprint density at radius 3 is 2.76 bits per heavy atom. The van der Waals surface area contributed by atoms with Gasteiger partial charge in [-0.3, -0.25) is 15.6 Å². The number of aromatic nitrogens is 3. The third-order valence-electron chi connectivity index (χ3n) is 2.97. The number of para-hydroxylation sites is 1. The molecule has 0 bridgehead atoms. The molecule has 3 rings (SSSR count). The number of benzene rings is 1. The highest BCUT2D eigenvalue weighted by Crippen LogP contribution is 2.18. The van der Waals surface area contributed by atoms with E-state index in [1.165, 1.54) is 0 Å². The molecule has 1 amide bonds. The maximum absolute atomic E-state index is 11.6. The number of nitrogens with one attached hydrogen (secondary N) is 2. The van der Waals surface area contributed by atoms with Gasteiger partial charge in [0.15, 0.2) is 5.69 Å². The minimum absolute atomic E-state index is 0.180. The second kappa shape index (κ2) is 4.84. The second-order valence-electron chi connectivity index (χ2n) is 4.35. The molecule has 21 heavy (non-hydrogen) atoms. The maximum atomic E-state index is 11.6. The van der Waals surface area contributed by atoms with Gasteiger partial charge in [-0.15, -0.1) is 0 Å². The summed E-state index contributed by atoms with van der Waals surface area (Å²) in [5.41, 5.74) is 3.46. The van der Waals surface area contributed by atoms with Crippen molar-refractivity contribution in [3.8, 4) is 5.69 Å². The first-order chi connectivity index (χ1) is 10.1. The van der Waals surface area contributed by atoms with Crippen molar-refractivity contribution in [3.05, 3.63) is 47.3 Å². The monoisotopic (exact) mass is 284 g/mol. The molecule has 0 radical (unpaired) electrons. The summed E-state index contributed by atoms with van der Waals surface area (Å²) in [6, 6.07) is 9.32. The predicted octanol–water partition coefficient (Wildman–Crippen LogP) is 0.405. The van der Waals surface area contributed by atoms with Gasteiger partial charge in [-0.05, 0) is 19.1 Å². The zero-order valence-corrected chi connectivity index (χ0v) is 11.1. The molecule has 8 nitrogen and oxygen atoms in total. The van der Waals surface area contributed by atoms with Gasteiger partial charge in [-0.25, -0.2) is 10.8 Å². The fraction of sp³-hybridized carbons (Fsp3) is 0.0769. The summed E-state index contributed by atoms with van der Waals surface area (Å²) >= 11 is 0. The predicted molar refractivity (Wildman–Crippen MR) is 73.4 cm³/mol. The maximum Gasteiger partial charge on any atom is 0.289 e. The summed E-state index contributed by atoms with van der Waals surface area (Å²) in [5.74, 6) is 4.38. The van der Waals surface area contributed by atoms with Crippen molar-refractivity contribution in [2.45, 2.75) is 6.92 Å². The van der Waals surface area contributed by atoms with E-state index in [0.29, 0.717) is 16.9 Å². The summed E-state index contributed by atoms with van der Waals surface area (Å²) in [7, 11) is 0. The highest BCUT2D eigenvalue weighted by Gasteiger charge is 2.18. The number of carbonyl (C=O) groups is 1. The van der Waals surface area contributed by atoms with Crippen LogP contribution in [0.3, 0.4) is 0 Å². The minimum atomic E-state index is -0.683. The average Bonchev–Trinajstić information content (AvgIpc) is 2.83. The Kier molecular flexibility index (Phi) is 2.99. The van der Waals surface area contributed by atoms with Crippen LogP contribution < -0.4 is 16.8 Å². The van der Waals surface area contributed by atoms with E-state index in [9.17, 15) is 4.79 Å². The van der Waals surface area contributed by atoms with Crippen LogP contribution in [0.2, 0.25) is 0 Å². The average molecular weight is 284 g/mol. The molecule has 0 unspecified atom stereocenters. The van der Waals surface area contributed by atoms with Gasteiger partial charge in [0.2, 0.25) is 5.55 Å². The lowest BCUT2D eigenvalue weighted by Crippen LogP contribution is -2.34. The first kappa shape index (κ1) is 13.0. The van der Waals surface area contributed by atoms with E-state index in [1.807, 2.05) is 35.8 Å². The number of hydrogen-bond acceptors (Lipinski definition) is 6. The van der Waals surface area contributed by atoms with E-state index in [1.54, 1.807) is 11.6 Å². The molecule has 2 heterocycles. The van der Waals surface area contributed by atoms with Gasteiger partial charge in [0.25, 0.3) is 11.6 Å². The number of fused-ring (bicyclic) bond motifs is 1. The van der Waals surface area contributed by atoms with Crippen LogP contribution in [0.25, 0.3) is 16.9 Å². The van der Waals surface area contributed by atoms with E-state index in [2.05, 4.69) is 10.1 Å². The molecule has 0 spiro atoms. The molecule has 0 saturated carbocycles. The van der Waals surface area contributed by atoms with Gasteiger partial charge in [0, 0.05) is 0 Å². The van der Waals surface area contributed by atoms with Crippen LogP contribution in [-0.4, -0.2) is 20.7 Å². The fourth-order valence-corrected chi connectivity index (χ4v) is 1.99. The van der Waals surface area contributed by atoms with E-state index in [0.717, 1.165) is 5.69 Å². The van der Waals surface area contributed by atoms with Gasteiger partial charge in [0.1, 0.15) is 5.52 Å². The van der Waals surface area contributed by atoms with Gasteiger partial charge >= 0.3 is 0 Å². The highest BCUT2D eigenvalue weighted by molar-refractivity contribution is 5.92. The van der Waals surface area contributed by atoms with Gasteiger partial charge in [-0.2, -0.15) is 9.78 Å². The van der Waals surface area contributed by atoms with Crippen LogP contribution in [0.4, 0.5) is 0 Å². The topological polar surface area (TPSA) is 123 Å². The summed E-state index contributed by atoms with van der Waals surface area (Å²) in [6.45, 7) is 1.75. The number of carbonyl (C=O) groups excluding carboxylic acids is 1. The summed E-state index contributed by atoms with van der Waals surface area (Å²) in [4.78, 5) is 15.7. The van der Waals surface area contributed by atoms with Crippen LogP contribution in [0.5, 0.6) is 0 Å². The highest BCUT2D eigenvalue weighted by atomic mass is 16.3. The molecule has 1 aromatic carbocycles. The zero-order chi connectivity index (χ0) is 15.0. The smallest absolute Gasteiger partial charge is 0.289 e. The molecule has 0 aliphatic rings. The molecule has 0 aliphatic heterocycles. The summed E-state index contributed by atoms with van der Waals surface area (Å²) < 4.78 is 6.95. The van der Waals surface area contributed by atoms with Gasteiger partial charge in [0.05, 0.1) is 11.4 Å². The number of nitrogen functional groups attached to an aromatic ring is 1. The Morgan fingerprint density at radius 1 is 1.38 bits per heavy atom. The summed E-state index contributed by atoms with van der Waals surface area (Å²) in [5, 5.41) is 12.1. The lowest BCUT2D eigenvalue weighted by Gasteiger charge is -2.02. The molecule has 106 valence electrons. The molecular formula is C13H12N6O2. The fourth-order valence-electron chi connectivity index (χ4n) is 1.99. The molecule has 2 aromatic heterocycles. The number of rotatable bonds is 2. The Morgan fingerprint density at radius 2 is 2.10 bits per heavy atom. The Balaban J connectivity index is 2.30. The second-order valence-corrected chi connectivity index (χ2v) is 4.35. The van der Waals surface area contributed by atoms with Gasteiger partial charge < -0.3 is 4.42 Å². The van der Waals surface area contributed by atoms with Crippen molar-refractivity contribution in [2.24, 2.45) is 5.84 Å². The number of amides is 1. The third-order valence-corrected chi connectivity index (χ3v) is 2.97. The van der Waals surface area contributed by atoms with Crippen molar-refractivity contribution < 1.29 is 9.21 Å². The minimum Gasteiger partial charge on any atom is -0.416 e. The van der Waals surface area contributed by atoms with Crippen molar-refractivity contribution >= 4 is 17.1 Å². The van der Waals surface area contributed by atoms with Crippen molar-refractivity contribution in [2.75, 3.05) is 0 Å². The van der Waals surface area contributed by atoms with Gasteiger partial charge in [-0.1, -0.05) is 18.2 Å². The van der Waals surface area contributed by atoms with E-state index in [4.69, 9.17) is 15.7 Å². The number of hydrazine groups is 1. The molecule has 0 aliphatic carbocycles. The van der Waals surface area contributed by atoms with Crippen LogP contribution in [0, 0.1) is 12.3 Å². The standard InChI is InChI=1S/C13H12N6O2/c1-7-9-13(19(18-7)8-5-3-2-4-6-8)21-11(14)10(16-9)12(20)17-15/h2-6,14H,15H2,1H3,(H,17,20). The number of nitrogens with zero attached hydrogens (tertiary/aromatic N) is 3. The van der Waals surface area contributed by atoms with E-state index >= 15 is 0 Å². The van der Waals surface area contributed by atoms with Crippen LogP contribution in [0.15, 0.2) is 34.7 Å². The summed E-state index contributed by atoms with van der Waals surface area (Å²) in [6.07, 6.45) is 0. The van der Waals surface area contributed by atoms with Crippen LogP contribution in [-0.2, 0) is 0 Å². The number of aryl methyl sites for hydroxylation is 1. The molecule has 0 fully saturated rings. The lowest BCUT2D eigenvalue weighted by molar-refractivity contribution is 0.0944. The van der Waals surface area contributed by atoms with Crippen LogP contribution >= 0.6 is 0 Å². The Bertz CT molecular complexity index is 881. The zero-order valence-electron chi connectivity index (χ0n) is 11.1. The van der Waals surface area contributed by atoms with Crippen LogP contribution in [0.1, 0.15) is 16.2 Å². The number of nitrogens with two attached hydrogens (primary N) is 1. The lowest BCUT2D eigenvalue weighted by atomic mass is 10.3. The Hall–Kier alpha value is -3.00.